The van der Waals surface area contributed by atoms with Crippen molar-refractivity contribution in [2.24, 2.45) is 5.73 Å². The van der Waals surface area contributed by atoms with Gasteiger partial charge in [0, 0.05) is 11.6 Å². The third-order valence-corrected chi connectivity index (χ3v) is 4.41. The summed E-state index contributed by atoms with van der Waals surface area (Å²) in [7, 11) is 0. The Bertz CT molecular complexity index is 915. The quantitative estimate of drug-likeness (QED) is 0.774. The molecule has 1 fully saturated rings. The molecule has 2 heterocycles. The normalized spacial score (nSPS) is 17.0. The number of benzene rings is 1. The highest BCUT2D eigenvalue weighted by Gasteiger charge is 2.41. The first-order valence-corrected chi connectivity index (χ1v) is 7.47. The van der Waals surface area contributed by atoms with Crippen LogP contribution >= 0.6 is 0 Å². The number of hydrogen-bond donors (Lipinski definition) is 1. The molecule has 0 unspecified atom stereocenters. The summed E-state index contributed by atoms with van der Waals surface area (Å²) >= 11 is 0. The lowest BCUT2D eigenvalue weighted by atomic mass is 9.77. The number of fused-ring (bicyclic) bond motifs is 1. The number of hydrogen-bond acceptors (Lipinski definition) is 5. The minimum absolute atomic E-state index is 0.00615. The summed E-state index contributed by atoms with van der Waals surface area (Å²) in [5.74, 6) is 0.0253. The van der Waals surface area contributed by atoms with Crippen molar-refractivity contribution < 1.29 is 17.7 Å². The number of para-hydroxylation sites is 1. The van der Waals surface area contributed by atoms with Crippen LogP contribution in [-0.2, 0) is 11.7 Å². The SMILES string of the molecule is NC1(c2noc(-c3cnc4ccccc4c3C(F)(F)F)n2)CCC1. The van der Waals surface area contributed by atoms with Crippen molar-refractivity contribution in [3.05, 3.63) is 41.9 Å². The molecule has 0 saturated heterocycles. The van der Waals surface area contributed by atoms with Crippen LogP contribution in [0.4, 0.5) is 13.2 Å². The number of nitrogens with two attached hydrogens (primary N) is 1. The zero-order valence-electron chi connectivity index (χ0n) is 12.5. The molecule has 124 valence electrons. The van der Waals surface area contributed by atoms with Crippen LogP contribution in [-0.4, -0.2) is 15.1 Å². The maximum Gasteiger partial charge on any atom is 0.417 e. The molecule has 24 heavy (non-hydrogen) atoms. The van der Waals surface area contributed by atoms with Crippen molar-refractivity contribution in [1.29, 1.82) is 0 Å². The molecule has 2 N–H and O–H groups in total. The molecule has 0 bridgehead atoms. The second-order valence-electron chi connectivity index (χ2n) is 5.99. The number of rotatable bonds is 2. The number of pyridine rings is 1. The van der Waals surface area contributed by atoms with Gasteiger partial charge in [-0.2, -0.15) is 18.2 Å². The van der Waals surface area contributed by atoms with E-state index in [9.17, 15) is 13.2 Å². The molecule has 8 heteroatoms. The fraction of sp³-hybridized carbons (Fsp3) is 0.312. The Balaban J connectivity index is 1.91. The predicted octanol–water partition coefficient (Wildman–Crippen LogP) is 3.64. The molecule has 0 spiro atoms. The van der Waals surface area contributed by atoms with E-state index in [0.717, 1.165) is 12.6 Å². The molecular weight excluding hydrogens is 321 g/mol. The van der Waals surface area contributed by atoms with Crippen LogP contribution in [0.1, 0.15) is 30.7 Å². The lowest BCUT2D eigenvalue weighted by molar-refractivity contribution is -0.135. The van der Waals surface area contributed by atoms with Gasteiger partial charge < -0.3 is 10.3 Å². The fourth-order valence-electron chi connectivity index (χ4n) is 2.93. The maximum absolute atomic E-state index is 13.6. The van der Waals surface area contributed by atoms with Gasteiger partial charge in [-0.05, 0) is 25.3 Å². The van der Waals surface area contributed by atoms with Crippen LogP contribution in [0.2, 0.25) is 0 Å². The monoisotopic (exact) mass is 334 g/mol. The van der Waals surface area contributed by atoms with Crippen LogP contribution in [0.5, 0.6) is 0 Å². The van der Waals surface area contributed by atoms with Crippen LogP contribution in [0.25, 0.3) is 22.4 Å². The first kappa shape index (κ1) is 15.1. The average Bonchev–Trinajstić information content (AvgIpc) is 3.00. The molecule has 1 aromatic carbocycles. The van der Waals surface area contributed by atoms with Gasteiger partial charge in [0.05, 0.1) is 22.2 Å². The van der Waals surface area contributed by atoms with Gasteiger partial charge in [-0.3, -0.25) is 4.98 Å². The van der Waals surface area contributed by atoms with Gasteiger partial charge in [-0.25, -0.2) is 0 Å². The molecule has 2 aromatic heterocycles. The van der Waals surface area contributed by atoms with Gasteiger partial charge in [0.25, 0.3) is 5.89 Å². The minimum atomic E-state index is -4.58. The van der Waals surface area contributed by atoms with E-state index in [4.69, 9.17) is 10.3 Å². The van der Waals surface area contributed by atoms with Gasteiger partial charge in [-0.15, -0.1) is 0 Å². The number of alkyl halides is 3. The standard InChI is InChI=1S/C16H13F3N4O/c17-16(18,19)12-9-4-1-2-5-11(9)21-8-10(12)13-22-14(23-24-13)15(20)6-3-7-15/h1-2,4-5,8H,3,6-7,20H2. The Hall–Kier alpha value is -2.48. The molecule has 5 nitrogen and oxygen atoms in total. The second-order valence-corrected chi connectivity index (χ2v) is 5.99. The Labute approximate surface area is 134 Å². The fourth-order valence-corrected chi connectivity index (χ4v) is 2.93. The lowest BCUT2D eigenvalue weighted by Crippen LogP contribution is -2.44. The summed E-state index contributed by atoms with van der Waals surface area (Å²) in [6.45, 7) is 0. The molecular formula is C16H13F3N4O. The topological polar surface area (TPSA) is 77.8 Å². The highest BCUT2D eigenvalue weighted by atomic mass is 19.4. The molecule has 1 aliphatic carbocycles. The molecule has 0 atom stereocenters. The third-order valence-electron chi connectivity index (χ3n) is 4.41. The largest absolute Gasteiger partial charge is 0.417 e. The summed E-state index contributed by atoms with van der Waals surface area (Å²) < 4.78 is 46.0. The highest BCUT2D eigenvalue weighted by Crippen LogP contribution is 2.42. The second kappa shape index (κ2) is 5.01. The van der Waals surface area contributed by atoms with Crippen molar-refractivity contribution in [2.45, 2.75) is 31.0 Å². The Morgan fingerprint density at radius 2 is 1.92 bits per heavy atom. The van der Waals surface area contributed by atoms with Crippen LogP contribution in [0.15, 0.2) is 35.0 Å². The Kier molecular flexibility index (Phi) is 3.14. The third kappa shape index (κ3) is 2.25. The molecule has 1 saturated carbocycles. The molecule has 4 rings (SSSR count). The zero-order chi connectivity index (χ0) is 16.9. The molecule has 0 radical (unpaired) electrons. The molecule has 3 aromatic rings. The van der Waals surface area contributed by atoms with E-state index >= 15 is 0 Å². The molecule has 0 aliphatic heterocycles. The highest BCUT2D eigenvalue weighted by molar-refractivity contribution is 5.87. The van der Waals surface area contributed by atoms with Crippen LogP contribution in [0, 0.1) is 0 Å². The smallest absolute Gasteiger partial charge is 0.334 e. The van der Waals surface area contributed by atoms with Gasteiger partial charge in [0.15, 0.2) is 5.82 Å². The van der Waals surface area contributed by atoms with Gasteiger partial charge in [0.1, 0.15) is 0 Å². The van der Waals surface area contributed by atoms with E-state index in [1.165, 1.54) is 18.2 Å². The van der Waals surface area contributed by atoms with Crippen LogP contribution < -0.4 is 5.73 Å². The van der Waals surface area contributed by atoms with Crippen molar-refractivity contribution in [2.75, 3.05) is 0 Å². The summed E-state index contributed by atoms with van der Waals surface area (Å²) in [6.07, 6.45) is -1.15. The van der Waals surface area contributed by atoms with Crippen molar-refractivity contribution in [3.8, 4) is 11.5 Å². The predicted molar refractivity (Wildman–Crippen MR) is 79.8 cm³/mol. The first-order chi connectivity index (χ1) is 11.4. The number of aromatic nitrogens is 3. The van der Waals surface area contributed by atoms with E-state index in [2.05, 4.69) is 15.1 Å². The van der Waals surface area contributed by atoms with E-state index in [-0.39, 0.29) is 28.2 Å². The van der Waals surface area contributed by atoms with Gasteiger partial charge in [0.2, 0.25) is 0 Å². The zero-order valence-corrected chi connectivity index (χ0v) is 12.5. The van der Waals surface area contributed by atoms with E-state index in [1.807, 2.05) is 0 Å². The van der Waals surface area contributed by atoms with E-state index in [0.29, 0.717) is 12.8 Å². The summed E-state index contributed by atoms with van der Waals surface area (Å²) in [5.41, 5.74) is 4.59. The number of nitrogens with zero attached hydrogens (tertiary/aromatic N) is 3. The van der Waals surface area contributed by atoms with Crippen molar-refractivity contribution >= 4 is 10.9 Å². The van der Waals surface area contributed by atoms with Gasteiger partial charge >= 0.3 is 6.18 Å². The van der Waals surface area contributed by atoms with Crippen LogP contribution in [0.3, 0.4) is 0 Å². The summed E-state index contributed by atoms with van der Waals surface area (Å²) in [4.78, 5) is 8.19. The Morgan fingerprint density at radius 3 is 2.58 bits per heavy atom. The van der Waals surface area contributed by atoms with Crippen molar-refractivity contribution in [1.82, 2.24) is 15.1 Å². The van der Waals surface area contributed by atoms with Crippen molar-refractivity contribution in [3.63, 3.8) is 0 Å². The summed E-state index contributed by atoms with van der Waals surface area (Å²) in [5, 5.41) is 3.78. The first-order valence-electron chi connectivity index (χ1n) is 7.47. The maximum atomic E-state index is 13.6. The summed E-state index contributed by atoms with van der Waals surface area (Å²) in [6, 6.07) is 6.07. The minimum Gasteiger partial charge on any atom is -0.334 e. The molecule has 0 amide bonds. The van der Waals surface area contributed by atoms with E-state index < -0.39 is 17.3 Å². The number of halogens is 3. The average molecular weight is 334 g/mol. The lowest BCUT2D eigenvalue weighted by Gasteiger charge is -2.34. The van der Waals surface area contributed by atoms with Gasteiger partial charge in [-0.1, -0.05) is 23.4 Å². The molecule has 1 aliphatic rings. The van der Waals surface area contributed by atoms with E-state index in [1.54, 1.807) is 6.07 Å². The Morgan fingerprint density at radius 1 is 1.17 bits per heavy atom.